The molecule has 0 aliphatic carbocycles. The van der Waals surface area contributed by atoms with Gasteiger partial charge in [-0.05, 0) is 42.2 Å². The van der Waals surface area contributed by atoms with E-state index >= 15 is 0 Å². The highest BCUT2D eigenvalue weighted by atomic mass is 16.5. The van der Waals surface area contributed by atoms with Gasteiger partial charge in [0.1, 0.15) is 0 Å². The topological polar surface area (TPSA) is 91.3 Å². The third-order valence-electron chi connectivity index (χ3n) is 5.20. The molecule has 7 nitrogen and oxygen atoms in total. The Balaban J connectivity index is 1.93. The Kier molecular flexibility index (Phi) is 6.72. The van der Waals surface area contributed by atoms with Gasteiger partial charge in [0, 0.05) is 24.4 Å². The van der Waals surface area contributed by atoms with Crippen molar-refractivity contribution in [3.8, 4) is 11.5 Å². The van der Waals surface area contributed by atoms with Gasteiger partial charge in [-0.25, -0.2) is 5.01 Å². The summed E-state index contributed by atoms with van der Waals surface area (Å²) in [5.74, 6) is -0.425. The van der Waals surface area contributed by atoms with E-state index < -0.39 is 5.97 Å². The molecule has 1 aliphatic rings. The standard InChI is InChI=1S/C23H26N2O5/c1-4-15-5-7-16(8-6-15)19-14-18(24-25(19)22(26)11-12-23(27)28)17-9-10-20(29-2)21(13-17)30-3/h5-10,13,19H,4,11-12,14H2,1-3H3,(H,27,28)/p-1/t19-/m1/s1. The molecule has 0 radical (unpaired) electrons. The Morgan fingerprint density at radius 3 is 2.37 bits per heavy atom. The number of aliphatic carboxylic acids is 1. The fourth-order valence-corrected chi connectivity index (χ4v) is 3.49. The van der Waals surface area contributed by atoms with Crippen molar-refractivity contribution < 1.29 is 24.2 Å². The molecule has 3 rings (SSSR count). The second-order valence-corrected chi connectivity index (χ2v) is 7.04. The quantitative estimate of drug-likeness (QED) is 0.668. The number of amides is 1. The van der Waals surface area contributed by atoms with Gasteiger partial charge in [-0.1, -0.05) is 31.2 Å². The maximum Gasteiger partial charge on any atom is 0.243 e. The lowest BCUT2D eigenvalue weighted by molar-refractivity contribution is -0.305. The van der Waals surface area contributed by atoms with E-state index in [1.54, 1.807) is 20.3 Å². The molecule has 0 saturated carbocycles. The van der Waals surface area contributed by atoms with Crippen molar-refractivity contribution in [1.29, 1.82) is 0 Å². The lowest BCUT2D eigenvalue weighted by Crippen LogP contribution is -2.29. The molecule has 1 aliphatic heterocycles. The normalized spacial score (nSPS) is 15.6. The highest BCUT2D eigenvalue weighted by molar-refractivity contribution is 6.03. The van der Waals surface area contributed by atoms with E-state index in [0.29, 0.717) is 17.9 Å². The third-order valence-corrected chi connectivity index (χ3v) is 5.20. The van der Waals surface area contributed by atoms with Gasteiger partial charge in [0.25, 0.3) is 0 Å². The smallest absolute Gasteiger partial charge is 0.243 e. The summed E-state index contributed by atoms with van der Waals surface area (Å²) in [6.45, 7) is 2.08. The lowest BCUT2D eigenvalue weighted by Gasteiger charge is -2.22. The van der Waals surface area contributed by atoms with Gasteiger partial charge in [-0.2, -0.15) is 5.10 Å². The fourth-order valence-electron chi connectivity index (χ4n) is 3.49. The van der Waals surface area contributed by atoms with Crippen molar-refractivity contribution in [2.45, 2.75) is 38.6 Å². The number of aryl methyl sites for hydroxylation is 1. The van der Waals surface area contributed by atoms with Crippen LogP contribution in [0.1, 0.15) is 48.9 Å². The number of hydrogen-bond acceptors (Lipinski definition) is 6. The van der Waals surface area contributed by atoms with E-state index in [1.165, 1.54) is 10.6 Å². The summed E-state index contributed by atoms with van der Waals surface area (Å²) < 4.78 is 10.7. The molecule has 0 bridgehead atoms. The zero-order valence-electron chi connectivity index (χ0n) is 17.4. The largest absolute Gasteiger partial charge is 0.550 e. The number of rotatable bonds is 8. The van der Waals surface area contributed by atoms with Gasteiger partial charge in [0.05, 0.1) is 26.0 Å². The van der Waals surface area contributed by atoms with Crippen LogP contribution in [0.3, 0.4) is 0 Å². The van der Waals surface area contributed by atoms with Crippen LogP contribution in [0.15, 0.2) is 47.6 Å². The molecule has 158 valence electrons. The zero-order valence-corrected chi connectivity index (χ0v) is 17.4. The van der Waals surface area contributed by atoms with E-state index in [1.807, 2.05) is 36.4 Å². The van der Waals surface area contributed by atoms with Gasteiger partial charge in [0.15, 0.2) is 11.5 Å². The average molecular weight is 409 g/mol. The minimum atomic E-state index is -1.25. The molecule has 1 amide bonds. The van der Waals surface area contributed by atoms with Crippen molar-refractivity contribution in [1.82, 2.24) is 5.01 Å². The van der Waals surface area contributed by atoms with E-state index in [2.05, 4.69) is 12.0 Å². The molecule has 0 fully saturated rings. The zero-order chi connectivity index (χ0) is 21.7. The lowest BCUT2D eigenvalue weighted by atomic mass is 9.97. The van der Waals surface area contributed by atoms with Crippen LogP contribution in [0.25, 0.3) is 0 Å². The summed E-state index contributed by atoms with van der Waals surface area (Å²) in [7, 11) is 3.13. The number of carbonyl (C=O) groups excluding carboxylic acids is 2. The molecule has 1 heterocycles. The number of nitrogens with zero attached hydrogens (tertiary/aromatic N) is 2. The van der Waals surface area contributed by atoms with Gasteiger partial charge in [-0.3, -0.25) is 4.79 Å². The maximum atomic E-state index is 12.7. The van der Waals surface area contributed by atoms with Crippen molar-refractivity contribution in [2.24, 2.45) is 5.10 Å². The number of benzene rings is 2. The second kappa shape index (κ2) is 9.43. The van der Waals surface area contributed by atoms with Crippen LogP contribution in [0, 0.1) is 0 Å². The van der Waals surface area contributed by atoms with E-state index in [9.17, 15) is 14.7 Å². The maximum absolute atomic E-state index is 12.7. The predicted molar refractivity (Wildman–Crippen MR) is 110 cm³/mol. The minimum absolute atomic E-state index is 0.158. The third kappa shape index (κ3) is 4.62. The molecule has 0 saturated heterocycles. The molecule has 2 aromatic carbocycles. The van der Waals surface area contributed by atoms with Gasteiger partial charge in [-0.15, -0.1) is 0 Å². The monoisotopic (exact) mass is 409 g/mol. The first-order valence-corrected chi connectivity index (χ1v) is 9.87. The van der Waals surface area contributed by atoms with Crippen LogP contribution in [-0.2, 0) is 16.0 Å². The van der Waals surface area contributed by atoms with Gasteiger partial charge < -0.3 is 19.4 Å². The summed E-state index contributed by atoms with van der Waals surface area (Å²) in [6.07, 6.45) is 0.942. The first kappa shape index (κ1) is 21.4. The molecule has 30 heavy (non-hydrogen) atoms. The van der Waals surface area contributed by atoms with Crippen molar-refractivity contribution >= 4 is 17.6 Å². The van der Waals surface area contributed by atoms with Crippen LogP contribution in [0.4, 0.5) is 0 Å². The molecule has 2 aromatic rings. The SMILES string of the molecule is CCc1ccc([C@H]2CC(c3ccc(OC)c(OC)c3)=NN2C(=O)CCC(=O)[O-])cc1. The number of hydrogen-bond donors (Lipinski definition) is 0. The summed E-state index contributed by atoms with van der Waals surface area (Å²) >= 11 is 0. The molecule has 0 aromatic heterocycles. The van der Waals surface area contributed by atoms with Crippen LogP contribution < -0.4 is 14.6 Å². The molecule has 0 unspecified atom stereocenters. The van der Waals surface area contributed by atoms with Crippen LogP contribution in [-0.4, -0.2) is 36.8 Å². The molecular formula is C23H25N2O5-. The molecule has 0 spiro atoms. The Hall–Kier alpha value is -3.35. The van der Waals surface area contributed by atoms with Crippen molar-refractivity contribution in [2.75, 3.05) is 14.2 Å². The fraction of sp³-hybridized carbons (Fsp3) is 0.348. The minimum Gasteiger partial charge on any atom is -0.550 e. The van der Waals surface area contributed by atoms with E-state index in [4.69, 9.17) is 9.47 Å². The van der Waals surface area contributed by atoms with Crippen molar-refractivity contribution in [3.05, 3.63) is 59.2 Å². The Morgan fingerprint density at radius 2 is 1.77 bits per heavy atom. The first-order chi connectivity index (χ1) is 14.5. The van der Waals surface area contributed by atoms with Crippen LogP contribution in [0.2, 0.25) is 0 Å². The molecule has 1 atom stereocenters. The summed E-state index contributed by atoms with van der Waals surface area (Å²) in [5.41, 5.74) is 3.70. The predicted octanol–water partition coefficient (Wildman–Crippen LogP) is 2.47. The Morgan fingerprint density at radius 1 is 1.07 bits per heavy atom. The molecule has 0 N–H and O–H groups in total. The van der Waals surface area contributed by atoms with Crippen LogP contribution >= 0.6 is 0 Å². The van der Waals surface area contributed by atoms with Gasteiger partial charge >= 0.3 is 0 Å². The molecular weight excluding hydrogens is 384 g/mol. The number of hydrazone groups is 1. The highest BCUT2D eigenvalue weighted by Crippen LogP contribution is 2.35. The summed E-state index contributed by atoms with van der Waals surface area (Å²) in [5, 5.41) is 16.8. The number of methoxy groups -OCH3 is 2. The van der Waals surface area contributed by atoms with E-state index in [0.717, 1.165) is 23.3 Å². The Bertz CT molecular complexity index is 953. The second-order valence-electron chi connectivity index (χ2n) is 7.04. The Labute approximate surface area is 175 Å². The number of ether oxygens (including phenoxy) is 2. The number of carbonyl (C=O) groups is 2. The number of carboxylic acid groups (broad SMARTS) is 1. The van der Waals surface area contributed by atoms with E-state index in [-0.39, 0.29) is 24.8 Å². The summed E-state index contributed by atoms with van der Waals surface area (Å²) in [6, 6.07) is 13.2. The average Bonchev–Trinajstić information content (AvgIpc) is 3.22. The van der Waals surface area contributed by atoms with Crippen LogP contribution in [0.5, 0.6) is 11.5 Å². The molecule has 7 heteroatoms. The summed E-state index contributed by atoms with van der Waals surface area (Å²) in [4.78, 5) is 23.6. The van der Waals surface area contributed by atoms with Crippen molar-refractivity contribution in [3.63, 3.8) is 0 Å². The highest BCUT2D eigenvalue weighted by Gasteiger charge is 2.33. The number of carboxylic acids is 1. The first-order valence-electron chi connectivity index (χ1n) is 9.87. The van der Waals surface area contributed by atoms with Gasteiger partial charge in [0.2, 0.25) is 5.91 Å².